The lowest BCUT2D eigenvalue weighted by Gasteiger charge is -2.24. The zero-order valence-electron chi connectivity index (χ0n) is 12.7. The summed E-state index contributed by atoms with van der Waals surface area (Å²) in [5.74, 6) is -0.351. The van der Waals surface area contributed by atoms with E-state index in [0.29, 0.717) is 12.3 Å². The number of carboxylic acids is 1. The van der Waals surface area contributed by atoms with Crippen molar-refractivity contribution in [1.29, 1.82) is 0 Å². The first-order chi connectivity index (χ1) is 8.81. The number of amides is 2. The van der Waals surface area contributed by atoms with Gasteiger partial charge in [0, 0.05) is 6.04 Å². The molecule has 5 nitrogen and oxygen atoms in total. The minimum absolute atomic E-state index is 0.0449. The molecule has 0 aliphatic heterocycles. The van der Waals surface area contributed by atoms with E-state index >= 15 is 0 Å². The molecule has 1 unspecified atom stereocenters. The summed E-state index contributed by atoms with van der Waals surface area (Å²) in [5, 5.41) is 14.4. The smallest absolute Gasteiger partial charge is 0.326 e. The second-order valence-corrected chi connectivity index (χ2v) is 5.50. The molecule has 0 aromatic heterocycles. The van der Waals surface area contributed by atoms with Crippen molar-refractivity contribution in [2.45, 2.75) is 66.0 Å². The molecule has 0 saturated carbocycles. The van der Waals surface area contributed by atoms with Crippen molar-refractivity contribution in [1.82, 2.24) is 10.6 Å². The fourth-order valence-corrected chi connectivity index (χ4v) is 2.21. The molecule has 112 valence electrons. The fourth-order valence-electron chi connectivity index (χ4n) is 2.21. The lowest BCUT2D eigenvalue weighted by atomic mass is 9.96. The fraction of sp³-hybridized carbons (Fsp3) is 0.857. The number of rotatable bonds is 8. The molecule has 2 atom stereocenters. The molecule has 2 amide bonds. The van der Waals surface area contributed by atoms with Gasteiger partial charge in [-0.25, -0.2) is 9.59 Å². The number of carbonyl (C=O) groups excluding carboxylic acids is 1. The first kappa shape index (κ1) is 17.7. The van der Waals surface area contributed by atoms with Gasteiger partial charge in [0.25, 0.3) is 0 Å². The molecule has 5 heteroatoms. The topological polar surface area (TPSA) is 78.4 Å². The van der Waals surface area contributed by atoms with Crippen molar-refractivity contribution in [3.8, 4) is 0 Å². The summed E-state index contributed by atoms with van der Waals surface area (Å²) in [6, 6.07) is -1.18. The van der Waals surface area contributed by atoms with Crippen molar-refractivity contribution in [3.05, 3.63) is 0 Å². The lowest BCUT2D eigenvalue weighted by Crippen LogP contribution is -2.50. The van der Waals surface area contributed by atoms with Gasteiger partial charge in [-0.3, -0.25) is 0 Å². The van der Waals surface area contributed by atoms with Crippen LogP contribution in [0, 0.1) is 11.8 Å². The summed E-state index contributed by atoms with van der Waals surface area (Å²) >= 11 is 0. The van der Waals surface area contributed by atoms with Crippen LogP contribution in [0.25, 0.3) is 0 Å². The summed E-state index contributed by atoms with van der Waals surface area (Å²) in [5.41, 5.74) is 0. The highest BCUT2D eigenvalue weighted by molar-refractivity contribution is 5.82. The molecular weight excluding hydrogens is 244 g/mol. The number of hydrogen-bond acceptors (Lipinski definition) is 2. The Morgan fingerprint density at radius 2 is 1.58 bits per heavy atom. The zero-order chi connectivity index (χ0) is 15.0. The molecule has 0 aliphatic rings. The molecule has 0 heterocycles. The highest BCUT2D eigenvalue weighted by Gasteiger charge is 2.22. The number of nitrogens with one attached hydrogen (secondary N) is 2. The molecule has 0 saturated heterocycles. The minimum Gasteiger partial charge on any atom is -0.480 e. The maximum Gasteiger partial charge on any atom is 0.326 e. The Kier molecular flexibility index (Phi) is 8.19. The van der Waals surface area contributed by atoms with E-state index in [0.717, 1.165) is 12.8 Å². The van der Waals surface area contributed by atoms with Crippen molar-refractivity contribution < 1.29 is 14.7 Å². The third-order valence-electron chi connectivity index (χ3n) is 3.43. The number of carboxylic acid groups (broad SMARTS) is 1. The van der Waals surface area contributed by atoms with Crippen LogP contribution >= 0.6 is 0 Å². The number of hydrogen-bond donors (Lipinski definition) is 3. The van der Waals surface area contributed by atoms with Gasteiger partial charge in [0.05, 0.1) is 0 Å². The van der Waals surface area contributed by atoms with Crippen LogP contribution in [0.3, 0.4) is 0 Å². The summed E-state index contributed by atoms with van der Waals surface area (Å²) in [6.07, 6.45) is 2.42. The second kappa shape index (κ2) is 8.77. The number of aliphatic carboxylic acids is 1. The Morgan fingerprint density at radius 3 is 1.95 bits per heavy atom. The summed E-state index contributed by atoms with van der Waals surface area (Å²) in [7, 11) is 0. The largest absolute Gasteiger partial charge is 0.480 e. The van der Waals surface area contributed by atoms with Crippen LogP contribution in [0.15, 0.2) is 0 Å². The van der Waals surface area contributed by atoms with Gasteiger partial charge in [0.2, 0.25) is 0 Å². The monoisotopic (exact) mass is 272 g/mol. The number of urea groups is 1. The summed E-state index contributed by atoms with van der Waals surface area (Å²) in [6.45, 7) is 9.99. The van der Waals surface area contributed by atoms with E-state index in [1.165, 1.54) is 0 Å². The van der Waals surface area contributed by atoms with E-state index in [9.17, 15) is 9.59 Å². The van der Waals surface area contributed by atoms with Crippen LogP contribution < -0.4 is 10.6 Å². The van der Waals surface area contributed by atoms with E-state index in [2.05, 4.69) is 24.5 Å². The predicted molar refractivity (Wildman–Crippen MR) is 76.1 cm³/mol. The molecular formula is C14H28N2O3. The Hall–Kier alpha value is -1.26. The molecule has 19 heavy (non-hydrogen) atoms. The third-order valence-corrected chi connectivity index (χ3v) is 3.43. The first-order valence-corrected chi connectivity index (χ1v) is 7.11. The lowest BCUT2D eigenvalue weighted by molar-refractivity contribution is -0.139. The van der Waals surface area contributed by atoms with Crippen molar-refractivity contribution in [3.63, 3.8) is 0 Å². The quantitative estimate of drug-likeness (QED) is 0.635. The van der Waals surface area contributed by atoms with Crippen molar-refractivity contribution >= 4 is 12.0 Å². The van der Waals surface area contributed by atoms with Gasteiger partial charge in [-0.15, -0.1) is 0 Å². The normalized spacial score (nSPS) is 14.3. The van der Waals surface area contributed by atoms with Gasteiger partial charge in [-0.1, -0.05) is 40.5 Å². The standard InChI is InChI=1S/C14H28N2O3/c1-6-11(7-2)10(5)15-14(19)16-12(13(17)18)8-9(3)4/h9-12H,6-8H2,1-5H3,(H,17,18)(H2,15,16,19)/t10?,12-/m0/s1. The predicted octanol–water partition coefficient (Wildman–Crippen LogP) is 2.61. The average Bonchev–Trinajstić information content (AvgIpc) is 2.28. The first-order valence-electron chi connectivity index (χ1n) is 7.11. The van der Waals surface area contributed by atoms with Crippen molar-refractivity contribution in [2.75, 3.05) is 0 Å². The van der Waals surface area contributed by atoms with Crippen LogP contribution in [-0.2, 0) is 4.79 Å². The molecule has 0 radical (unpaired) electrons. The molecule has 3 N–H and O–H groups in total. The van der Waals surface area contributed by atoms with Gasteiger partial charge < -0.3 is 15.7 Å². The van der Waals surface area contributed by atoms with Gasteiger partial charge >= 0.3 is 12.0 Å². The molecule has 0 aromatic carbocycles. The molecule has 0 fully saturated rings. The van der Waals surface area contributed by atoms with E-state index in [1.807, 2.05) is 20.8 Å². The molecule has 0 bridgehead atoms. The summed E-state index contributed by atoms with van der Waals surface area (Å²) < 4.78 is 0. The van der Waals surface area contributed by atoms with Gasteiger partial charge in [-0.05, 0) is 25.2 Å². The highest BCUT2D eigenvalue weighted by Crippen LogP contribution is 2.12. The van der Waals surface area contributed by atoms with Crippen LogP contribution in [0.5, 0.6) is 0 Å². The van der Waals surface area contributed by atoms with Crippen LogP contribution in [0.4, 0.5) is 4.79 Å². The molecule has 0 aliphatic carbocycles. The SMILES string of the molecule is CCC(CC)C(C)NC(=O)N[C@@H](CC(C)C)C(=O)O. The van der Waals surface area contributed by atoms with Crippen LogP contribution in [0.1, 0.15) is 53.9 Å². The third kappa shape index (κ3) is 7.03. The maximum absolute atomic E-state index is 11.8. The van der Waals surface area contributed by atoms with Crippen LogP contribution in [-0.4, -0.2) is 29.2 Å². The molecule has 0 spiro atoms. The van der Waals surface area contributed by atoms with E-state index in [-0.39, 0.29) is 12.0 Å². The minimum atomic E-state index is -0.987. The second-order valence-electron chi connectivity index (χ2n) is 5.50. The van der Waals surface area contributed by atoms with Crippen molar-refractivity contribution in [2.24, 2.45) is 11.8 Å². The van der Waals surface area contributed by atoms with Crippen LogP contribution in [0.2, 0.25) is 0 Å². The Labute approximate surface area is 116 Å². The number of carbonyl (C=O) groups is 2. The van der Waals surface area contributed by atoms with Gasteiger partial charge in [0.1, 0.15) is 6.04 Å². The van der Waals surface area contributed by atoms with Gasteiger partial charge in [0.15, 0.2) is 0 Å². The Bertz CT molecular complexity index is 288. The zero-order valence-corrected chi connectivity index (χ0v) is 12.7. The molecule has 0 rings (SSSR count). The molecule has 0 aromatic rings. The average molecular weight is 272 g/mol. The Balaban J connectivity index is 4.37. The Morgan fingerprint density at radius 1 is 1.05 bits per heavy atom. The maximum atomic E-state index is 11.8. The van der Waals surface area contributed by atoms with Gasteiger partial charge in [-0.2, -0.15) is 0 Å². The van der Waals surface area contributed by atoms with E-state index in [4.69, 9.17) is 5.11 Å². The highest BCUT2D eigenvalue weighted by atomic mass is 16.4. The van der Waals surface area contributed by atoms with E-state index < -0.39 is 18.0 Å². The summed E-state index contributed by atoms with van der Waals surface area (Å²) in [4.78, 5) is 22.9. The van der Waals surface area contributed by atoms with E-state index in [1.54, 1.807) is 0 Å².